The van der Waals surface area contributed by atoms with E-state index >= 15 is 0 Å². The molecule has 0 fully saturated rings. The van der Waals surface area contributed by atoms with Crippen molar-refractivity contribution >= 4 is 16.9 Å². The molecule has 3 aromatic rings. The summed E-state index contributed by atoms with van der Waals surface area (Å²) >= 11 is 0. The van der Waals surface area contributed by atoms with Crippen LogP contribution in [-0.2, 0) is 0 Å². The van der Waals surface area contributed by atoms with E-state index in [9.17, 15) is 14.4 Å². The molecule has 0 unspecified atom stereocenters. The largest absolute Gasteiger partial charge is 0.478 e. The summed E-state index contributed by atoms with van der Waals surface area (Å²) in [5.41, 5.74) is 0.0253. The van der Waals surface area contributed by atoms with Crippen molar-refractivity contribution in [1.82, 2.24) is 4.57 Å². The van der Waals surface area contributed by atoms with Gasteiger partial charge in [-0.25, -0.2) is 14.2 Å². The highest BCUT2D eigenvalue weighted by Crippen LogP contribution is 2.10. The molecular formula is C15H9NO5. The van der Waals surface area contributed by atoms with Gasteiger partial charge in [0.05, 0.1) is 16.6 Å². The number of carboxylic acid groups (broad SMARTS) is 1. The van der Waals surface area contributed by atoms with Gasteiger partial charge in [0, 0.05) is 0 Å². The van der Waals surface area contributed by atoms with Gasteiger partial charge in [-0.05, 0) is 36.4 Å². The third kappa shape index (κ3) is 2.12. The fraction of sp³-hybridized carbons (Fsp3) is 0. The zero-order valence-electron chi connectivity index (χ0n) is 10.6. The fourth-order valence-electron chi connectivity index (χ4n) is 2.05. The maximum Gasteiger partial charge on any atom is 0.426 e. The summed E-state index contributed by atoms with van der Waals surface area (Å²) in [6, 6.07) is 11.8. The highest BCUT2D eigenvalue weighted by molar-refractivity contribution is 5.87. The summed E-state index contributed by atoms with van der Waals surface area (Å²) in [6.45, 7) is 0. The second-order valence-corrected chi connectivity index (χ2v) is 4.36. The van der Waals surface area contributed by atoms with E-state index in [1.807, 2.05) is 0 Å². The topological polar surface area (TPSA) is 89.5 Å². The number of hydrogen-bond acceptors (Lipinski definition) is 4. The Labute approximate surface area is 117 Å². The highest BCUT2D eigenvalue weighted by atomic mass is 16.4. The maximum absolute atomic E-state index is 12.4. The van der Waals surface area contributed by atoms with Gasteiger partial charge in [0.15, 0.2) is 0 Å². The summed E-state index contributed by atoms with van der Waals surface area (Å²) in [7, 11) is 0. The Balaban J connectivity index is 2.27. The first-order valence-corrected chi connectivity index (χ1v) is 6.06. The molecule has 3 rings (SSSR count). The molecule has 0 spiro atoms. The monoisotopic (exact) mass is 283 g/mol. The van der Waals surface area contributed by atoms with E-state index in [4.69, 9.17) is 9.52 Å². The first kappa shape index (κ1) is 12.9. The first-order valence-electron chi connectivity index (χ1n) is 6.06. The van der Waals surface area contributed by atoms with Crippen molar-refractivity contribution in [3.05, 3.63) is 75.0 Å². The van der Waals surface area contributed by atoms with Crippen molar-refractivity contribution in [2.24, 2.45) is 0 Å². The van der Waals surface area contributed by atoms with Crippen molar-refractivity contribution < 1.29 is 14.3 Å². The number of aromatic nitrogens is 1. The summed E-state index contributed by atoms with van der Waals surface area (Å²) in [5, 5.41) is 9.13. The van der Waals surface area contributed by atoms with Gasteiger partial charge >= 0.3 is 11.7 Å². The third-order valence-electron chi connectivity index (χ3n) is 3.07. The number of rotatable bonds is 2. The number of nitrogens with zero attached hydrogens (tertiary/aromatic N) is 1. The van der Waals surface area contributed by atoms with Crippen molar-refractivity contribution in [2.45, 2.75) is 0 Å². The van der Waals surface area contributed by atoms with Crippen LogP contribution in [-0.4, -0.2) is 15.6 Å². The van der Waals surface area contributed by atoms with Crippen LogP contribution in [0.15, 0.2) is 62.5 Å². The molecule has 0 saturated carbocycles. The lowest BCUT2D eigenvalue weighted by Crippen LogP contribution is -2.30. The molecule has 0 aliphatic carbocycles. The summed E-state index contributed by atoms with van der Waals surface area (Å²) in [4.78, 5) is 35.1. The Kier molecular flexibility index (Phi) is 2.91. The van der Waals surface area contributed by atoms with E-state index < -0.39 is 17.3 Å². The van der Waals surface area contributed by atoms with E-state index in [1.165, 1.54) is 30.3 Å². The lowest BCUT2D eigenvalue weighted by Gasteiger charge is -2.05. The van der Waals surface area contributed by atoms with Crippen molar-refractivity contribution in [3.63, 3.8) is 0 Å². The van der Waals surface area contributed by atoms with E-state index in [-0.39, 0.29) is 22.2 Å². The quantitative estimate of drug-likeness (QED) is 0.772. The van der Waals surface area contributed by atoms with Gasteiger partial charge in [-0.3, -0.25) is 4.79 Å². The van der Waals surface area contributed by atoms with Gasteiger partial charge in [-0.15, -0.1) is 0 Å². The Morgan fingerprint density at radius 2 is 1.67 bits per heavy atom. The Hall–Kier alpha value is -3.15. The second kappa shape index (κ2) is 4.75. The molecule has 104 valence electrons. The normalized spacial score (nSPS) is 10.7. The molecule has 0 saturated heterocycles. The molecule has 0 amide bonds. The zero-order valence-corrected chi connectivity index (χ0v) is 10.6. The molecule has 1 N–H and O–H groups in total. The lowest BCUT2D eigenvalue weighted by atomic mass is 10.2. The molecular weight excluding hydrogens is 274 g/mol. The number of aromatic carboxylic acids is 1. The lowest BCUT2D eigenvalue weighted by molar-refractivity contribution is 0.0697. The molecule has 6 nitrogen and oxygen atoms in total. The SMILES string of the molecule is O=C(O)c1ccc(-n2c(=O)oc3ccccc3c2=O)cc1. The minimum Gasteiger partial charge on any atom is -0.478 e. The molecule has 0 atom stereocenters. The van der Waals surface area contributed by atoms with Crippen LogP contribution in [0.2, 0.25) is 0 Å². The summed E-state index contributed by atoms with van der Waals surface area (Å²) in [6.07, 6.45) is 0. The molecule has 1 aromatic heterocycles. The summed E-state index contributed by atoms with van der Waals surface area (Å²) < 4.78 is 5.97. The van der Waals surface area contributed by atoms with E-state index in [0.717, 1.165) is 4.57 Å². The Morgan fingerprint density at radius 1 is 1.00 bits per heavy atom. The molecule has 2 aromatic carbocycles. The molecule has 0 bridgehead atoms. The van der Waals surface area contributed by atoms with Crippen molar-refractivity contribution in [2.75, 3.05) is 0 Å². The average molecular weight is 283 g/mol. The van der Waals surface area contributed by atoms with Crippen LogP contribution in [0.4, 0.5) is 0 Å². The number of fused-ring (bicyclic) bond motifs is 1. The van der Waals surface area contributed by atoms with Crippen molar-refractivity contribution in [3.8, 4) is 5.69 Å². The van der Waals surface area contributed by atoms with E-state index in [2.05, 4.69) is 0 Å². The van der Waals surface area contributed by atoms with Crippen molar-refractivity contribution in [1.29, 1.82) is 0 Å². The standard InChI is InChI=1S/C15H9NO5/c17-13-11-3-1-2-4-12(11)21-15(20)16(13)10-7-5-9(6-8-10)14(18)19/h1-8H,(H,18,19). The number of carboxylic acids is 1. The molecule has 21 heavy (non-hydrogen) atoms. The average Bonchev–Trinajstić information content (AvgIpc) is 2.48. The van der Waals surface area contributed by atoms with Gasteiger partial charge in [0.1, 0.15) is 5.58 Å². The van der Waals surface area contributed by atoms with Crippen LogP contribution in [0.5, 0.6) is 0 Å². The van der Waals surface area contributed by atoms with Crippen LogP contribution in [0.25, 0.3) is 16.7 Å². The smallest absolute Gasteiger partial charge is 0.426 e. The second-order valence-electron chi connectivity index (χ2n) is 4.36. The number of hydrogen-bond donors (Lipinski definition) is 1. The van der Waals surface area contributed by atoms with Gasteiger partial charge < -0.3 is 9.52 Å². The van der Waals surface area contributed by atoms with Gasteiger partial charge in [0.2, 0.25) is 0 Å². The Bertz CT molecular complexity index is 950. The van der Waals surface area contributed by atoms with Crippen LogP contribution < -0.4 is 11.3 Å². The number of benzene rings is 2. The molecule has 0 radical (unpaired) electrons. The van der Waals surface area contributed by atoms with E-state index in [1.54, 1.807) is 18.2 Å². The molecule has 1 heterocycles. The fourth-order valence-corrected chi connectivity index (χ4v) is 2.05. The maximum atomic E-state index is 12.4. The molecule has 6 heteroatoms. The first-order chi connectivity index (χ1) is 10.1. The minimum atomic E-state index is -1.08. The van der Waals surface area contributed by atoms with Gasteiger partial charge in [0.25, 0.3) is 5.56 Å². The predicted molar refractivity (Wildman–Crippen MR) is 75.0 cm³/mol. The van der Waals surface area contributed by atoms with Crippen LogP contribution in [0.3, 0.4) is 0 Å². The predicted octanol–water partition coefficient (Wildman–Crippen LogP) is 1.64. The van der Waals surface area contributed by atoms with E-state index in [0.29, 0.717) is 0 Å². The van der Waals surface area contributed by atoms with Crippen LogP contribution in [0, 0.1) is 0 Å². The number of carbonyl (C=O) groups is 1. The molecule has 0 aliphatic rings. The van der Waals surface area contributed by atoms with Crippen LogP contribution in [0.1, 0.15) is 10.4 Å². The third-order valence-corrected chi connectivity index (χ3v) is 3.07. The Morgan fingerprint density at radius 3 is 2.33 bits per heavy atom. The minimum absolute atomic E-state index is 0.0666. The highest BCUT2D eigenvalue weighted by Gasteiger charge is 2.11. The van der Waals surface area contributed by atoms with Gasteiger partial charge in [-0.1, -0.05) is 12.1 Å². The van der Waals surface area contributed by atoms with Gasteiger partial charge in [-0.2, -0.15) is 0 Å². The number of para-hydroxylation sites is 1. The molecule has 0 aliphatic heterocycles. The summed E-state index contributed by atoms with van der Waals surface area (Å²) in [5.74, 6) is -1.90. The zero-order chi connectivity index (χ0) is 15.0. The van der Waals surface area contributed by atoms with Crippen LogP contribution >= 0.6 is 0 Å².